The Bertz CT molecular complexity index is 14.0. The smallest absolute Gasteiger partial charge is 1.00 e. The molecule has 0 aromatic heterocycles. The van der Waals surface area contributed by atoms with Gasteiger partial charge in [-0.05, 0) is 0 Å². The van der Waals surface area contributed by atoms with Gasteiger partial charge in [0.25, 0.3) is 0 Å². The third-order valence-electron chi connectivity index (χ3n) is 0. The monoisotopic (exact) mass is 180 g/mol. The molecule has 0 bridgehead atoms. The minimum atomic E-state index is 0. The Labute approximate surface area is 98.9 Å². The van der Waals surface area contributed by atoms with Crippen molar-refractivity contribution in [1.29, 1.82) is 0 Å². The maximum absolute atomic E-state index is 0. The molecular formula is H4CaFe2Mg. The SMILES string of the molecule is [Ca+2].[Fe].[Fe].[H-].[H-].[H-].[H-].[Mg+2]. The van der Waals surface area contributed by atoms with E-state index in [1.54, 1.807) is 0 Å². The molecule has 0 fully saturated rings. The molecule has 0 saturated carbocycles. The van der Waals surface area contributed by atoms with Crippen LogP contribution in [0, 0.1) is 0 Å². The Morgan fingerprint density at radius 3 is 1.00 bits per heavy atom. The molecule has 0 aromatic carbocycles. The number of hydrogen-bond acceptors (Lipinski definition) is 0. The molecular weight excluding hydrogens is 176 g/mol. The molecule has 4 heteroatoms. The first-order valence-corrected chi connectivity index (χ1v) is 0. The summed E-state index contributed by atoms with van der Waals surface area (Å²) in [4.78, 5) is 0. The maximum Gasteiger partial charge on any atom is 2.00 e. The molecule has 4 heavy (non-hydrogen) atoms. The first kappa shape index (κ1) is 27.7. The van der Waals surface area contributed by atoms with E-state index in [-0.39, 0.29) is 101 Å². The Morgan fingerprint density at radius 2 is 1.00 bits per heavy atom. The molecule has 0 heterocycles. The Hall–Kier alpha value is 3.06. The van der Waals surface area contributed by atoms with Crippen LogP contribution in [-0.4, -0.2) is 60.8 Å². The van der Waals surface area contributed by atoms with Crippen LogP contribution in [0.3, 0.4) is 0 Å². The fourth-order valence-corrected chi connectivity index (χ4v) is 0. The molecule has 0 saturated heterocycles. The van der Waals surface area contributed by atoms with E-state index in [0.717, 1.165) is 0 Å². The van der Waals surface area contributed by atoms with Crippen molar-refractivity contribution in [1.82, 2.24) is 0 Å². The average Bonchev–Trinajstić information content (AvgIpc) is 0. The first-order valence-electron chi connectivity index (χ1n) is 0. The zero-order valence-corrected chi connectivity index (χ0v) is 7.95. The largest absolute Gasteiger partial charge is 2.00 e. The zero-order valence-electron chi connectivity index (χ0n) is 6.12. The van der Waals surface area contributed by atoms with Crippen LogP contribution in [0.5, 0.6) is 0 Å². The van der Waals surface area contributed by atoms with Crippen molar-refractivity contribution in [3.8, 4) is 0 Å². The first-order chi connectivity index (χ1) is 0. The third kappa shape index (κ3) is 8.91. The van der Waals surface area contributed by atoms with Crippen LogP contribution < -0.4 is 0 Å². The Balaban J connectivity index is 0. The molecule has 0 rings (SSSR count). The summed E-state index contributed by atoms with van der Waals surface area (Å²) in [5.41, 5.74) is 0. The summed E-state index contributed by atoms with van der Waals surface area (Å²) in [6.07, 6.45) is 0. The van der Waals surface area contributed by atoms with Crippen molar-refractivity contribution in [2.45, 2.75) is 0 Å². The summed E-state index contributed by atoms with van der Waals surface area (Å²) >= 11 is 0. The van der Waals surface area contributed by atoms with E-state index in [4.69, 9.17) is 0 Å². The maximum atomic E-state index is 0. The van der Waals surface area contributed by atoms with Gasteiger partial charge >= 0.3 is 60.8 Å². The van der Waals surface area contributed by atoms with E-state index in [1.165, 1.54) is 0 Å². The van der Waals surface area contributed by atoms with Crippen molar-refractivity contribution in [3.63, 3.8) is 0 Å². The second kappa shape index (κ2) is 16.6. The number of hydrogen-bond donors (Lipinski definition) is 0. The summed E-state index contributed by atoms with van der Waals surface area (Å²) in [7, 11) is 0. The molecule has 0 aliphatic rings. The van der Waals surface area contributed by atoms with Crippen molar-refractivity contribution in [3.05, 3.63) is 0 Å². The van der Waals surface area contributed by atoms with Gasteiger partial charge in [-0.2, -0.15) is 0 Å². The molecule has 0 aliphatic carbocycles. The van der Waals surface area contributed by atoms with E-state index in [1.807, 2.05) is 0 Å². The van der Waals surface area contributed by atoms with Crippen LogP contribution in [0.1, 0.15) is 5.71 Å². The van der Waals surface area contributed by atoms with E-state index in [0.29, 0.717) is 0 Å². The van der Waals surface area contributed by atoms with Gasteiger partial charge in [0, 0.05) is 34.1 Å². The molecule has 0 nitrogen and oxygen atoms in total. The van der Waals surface area contributed by atoms with Crippen molar-refractivity contribution >= 4 is 60.8 Å². The quantitative estimate of drug-likeness (QED) is 0.448. The molecule has 24 valence electrons. The van der Waals surface area contributed by atoms with Gasteiger partial charge in [0.2, 0.25) is 0 Å². The van der Waals surface area contributed by atoms with Crippen LogP contribution in [-0.2, 0) is 34.1 Å². The van der Waals surface area contributed by atoms with E-state index < -0.39 is 0 Å². The Morgan fingerprint density at radius 1 is 1.00 bits per heavy atom. The van der Waals surface area contributed by atoms with Crippen molar-refractivity contribution < 1.29 is 39.8 Å². The second-order valence-corrected chi connectivity index (χ2v) is 0. The predicted octanol–water partition coefficient (Wildman–Crippen LogP) is -0.317. The van der Waals surface area contributed by atoms with Crippen LogP contribution in [0.25, 0.3) is 0 Å². The topological polar surface area (TPSA) is 0 Å². The fraction of sp³-hybridized carbons (Fsp3) is 0. The van der Waals surface area contributed by atoms with Crippen molar-refractivity contribution in [2.24, 2.45) is 0 Å². The molecule has 0 aromatic rings. The van der Waals surface area contributed by atoms with Gasteiger partial charge in [-0.1, -0.05) is 0 Å². The van der Waals surface area contributed by atoms with Crippen LogP contribution >= 0.6 is 0 Å². The standard InChI is InChI=1S/Ca.2Fe.Mg.4H/q+2;;;+2;4*-1. The number of rotatable bonds is 0. The molecule has 0 aliphatic heterocycles. The summed E-state index contributed by atoms with van der Waals surface area (Å²) in [6.45, 7) is 0. The average molecular weight is 180 g/mol. The van der Waals surface area contributed by atoms with Crippen molar-refractivity contribution in [2.75, 3.05) is 0 Å². The third-order valence-corrected chi connectivity index (χ3v) is 0. The van der Waals surface area contributed by atoms with Gasteiger partial charge in [-0.3, -0.25) is 0 Å². The second-order valence-electron chi connectivity index (χ2n) is 0. The van der Waals surface area contributed by atoms with Crippen LogP contribution in [0.15, 0.2) is 0 Å². The van der Waals surface area contributed by atoms with Gasteiger partial charge < -0.3 is 5.71 Å². The van der Waals surface area contributed by atoms with E-state index in [2.05, 4.69) is 0 Å². The summed E-state index contributed by atoms with van der Waals surface area (Å²) in [5, 5.41) is 0. The van der Waals surface area contributed by atoms with Gasteiger partial charge in [0.05, 0.1) is 0 Å². The van der Waals surface area contributed by atoms with E-state index in [9.17, 15) is 0 Å². The Kier molecular flexibility index (Phi) is 115. The van der Waals surface area contributed by atoms with Gasteiger partial charge in [0.1, 0.15) is 0 Å². The normalized spacial score (nSPS) is 0. The minimum absolute atomic E-state index is 0. The molecule has 0 radical (unpaired) electrons. The van der Waals surface area contributed by atoms with Crippen LogP contribution in [0.4, 0.5) is 0 Å². The van der Waals surface area contributed by atoms with Gasteiger partial charge in [0.15, 0.2) is 0 Å². The minimum Gasteiger partial charge on any atom is -1.00 e. The molecule has 0 unspecified atom stereocenters. The molecule has 0 spiro atoms. The molecule has 0 atom stereocenters. The molecule has 0 amide bonds. The molecule has 0 N–H and O–H groups in total. The fourth-order valence-electron chi connectivity index (χ4n) is 0. The summed E-state index contributed by atoms with van der Waals surface area (Å²) in [5.74, 6) is 0. The van der Waals surface area contributed by atoms with E-state index >= 15 is 0 Å². The summed E-state index contributed by atoms with van der Waals surface area (Å²) < 4.78 is 0. The zero-order chi connectivity index (χ0) is 0. The summed E-state index contributed by atoms with van der Waals surface area (Å²) in [6, 6.07) is 0. The van der Waals surface area contributed by atoms with Gasteiger partial charge in [-0.15, -0.1) is 0 Å². The van der Waals surface area contributed by atoms with Gasteiger partial charge in [-0.25, -0.2) is 0 Å². The predicted molar refractivity (Wildman–Crippen MR) is 16.0 cm³/mol. The van der Waals surface area contributed by atoms with Crippen LogP contribution in [0.2, 0.25) is 0 Å².